The molecule has 4 aliphatic rings. The molecule has 3 fully saturated rings. The lowest BCUT2D eigenvalue weighted by atomic mass is 9.44. The fraction of sp³-hybridized carbons (Fsp3) is 0.429. The normalized spacial score (nSPS) is 24.7. The van der Waals surface area contributed by atoms with E-state index in [1.54, 1.807) is 0 Å². The van der Waals surface area contributed by atoms with E-state index < -0.39 is 0 Å². The van der Waals surface area contributed by atoms with Crippen LogP contribution in [-0.4, -0.2) is 37.3 Å². The summed E-state index contributed by atoms with van der Waals surface area (Å²) in [6.45, 7) is 2.25. The van der Waals surface area contributed by atoms with Crippen molar-refractivity contribution in [1.29, 1.82) is 0 Å². The van der Waals surface area contributed by atoms with Crippen LogP contribution in [0.15, 0.2) is 29.2 Å². The van der Waals surface area contributed by atoms with Crippen molar-refractivity contribution in [1.82, 2.24) is 24.9 Å². The van der Waals surface area contributed by atoms with Gasteiger partial charge in [-0.3, -0.25) is 14.3 Å². The first kappa shape index (κ1) is 16.9. The van der Waals surface area contributed by atoms with Crippen LogP contribution in [0, 0.1) is 11.3 Å². The largest absolute Gasteiger partial charge is 0.334 e. The summed E-state index contributed by atoms with van der Waals surface area (Å²) >= 11 is 0. The van der Waals surface area contributed by atoms with E-state index in [1.807, 2.05) is 34.0 Å². The van der Waals surface area contributed by atoms with Crippen LogP contribution in [0.25, 0.3) is 21.9 Å². The summed E-state index contributed by atoms with van der Waals surface area (Å²) < 4.78 is 1.99. The molecule has 2 bridgehead atoms. The van der Waals surface area contributed by atoms with Crippen molar-refractivity contribution in [3.8, 4) is 11.1 Å². The average Bonchev–Trinajstić information content (AvgIpc) is 3.09. The monoisotopic (exact) mass is 390 g/mol. The molecule has 29 heavy (non-hydrogen) atoms. The number of amides is 1. The quantitative estimate of drug-likeness (QED) is 0.702. The molecule has 3 heterocycles. The highest BCUT2D eigenvalue weighted by atomic mass is 16.2. The van der Waals surface area contributed by atoms with E-state index >= 15 is 0 Å². The van der Waals surface area contributed by atoms with Crippen molar-refractivity contribution < 1.29 is 4.79 Å². The molecule has 8 heteroatoms. The Morgan fingerprint density at radius 1 is 1.24 bits per heavy atom. The number of aromatic nitrogens is 4. The zero-order valence-electron chi connectivity index (χ0n) is 16.0. The van der Waals surface area contributed by atoms with Gasteiger partial charge < -0.3 is 10.6 Å². The van der Waals surface area contributed by atoms with Crippen LogP contribution in [0.5, 0.6) is 0 Å². The van der Waals surface area contributed by atoms with Gasteiger partial charge in [-0.1, -0.05) is 6.07 Å². The van der Waals surface area contributed by atoms with Gasteiger partial charge in [0.05, 0.1) is 41.5 Å². The molecule has 8 nitrogen and oxygen atoms in total. The van der Waals surface area contributed by atoms with Crippen molar-refractivity contribution in [2.75, 3.05) is 6.54 Å². The van der Waals surface area contributed by atoms with Gasteiger partial charge in [0.15, 0.2) is 0 Å². The lowest BCUT2D eigenvalue weighted by molar-refractivity contribution is -0.178. The van der Waals surface area contributed by atoms with Crippen LogP contribution in [0.2, 0.25) is 0 Å². The third-order valence-corrected chi connectivity index (χ3v) is 7.02. The van der Waals surface area contributed by atoms with Crippen LogP contribution in [0.1, 0.15) is 30.7 Å². The first-order valence-electron chi connectivity index (χ1n) is 10.1. The van der Waals surface area contributed by atoms with Crippen LogP contribution in [0.4, 0.5) is 0 Å². The second kappa shape index (κ2) is 5.76. The third-order valence-electron chi connectivity index (χ3n) is 7.02. The number of H-pyrrole nitrogens is 1. The first-order valence-corrected chi connectivity index (χ1v) is 10.1. The Kier molecular flexibility index (Phi) is 3.36. The molecule has 2 aromatic heterocycles. The van der Waals surface area contributed by atoms with E-state index in [0.29, 0.717) is 36.6 Å². The third kappa shape index (κ3) is 2.29. The second-order valence-electron chi connectivity index (χ2n) is 8.68. The number of nitrogens with one attached hydrogen (secondary N) is 1. The molecular formula is C21H22N6O2. The van der Waals surface area contributed by atoms with Gasteiger partial charge in [-0.05, 0) is 42.9 Å². The maximum Gasteiger partial charge on any atom is 0.272 e. The summed E-state index contributed by atoms with van der Waals surface area (Å²) in [7, 11) is 0. The van der Waals surface area contributed by atoms with E-state index in [2.05, 4.69) is 15.3 Å². The molecular weight excluding hydrogens is 368 g/mol. The van der Waals surface area contributed by atoms with E-state index in [0.717, 1.165) is 47.4 Å². The number of hydrogen-bond acceptors (Lipinski definition) is 5. The van der Waals surface area contributed by atoms with Gasteiger partial charge >= 0.3 is 0 Å². The van der Waals surface area contributed by atoms with Gasteiger partial charge in [0.2, 0.25) is 5.91 Å². The van der Waals surface area contributed by atoms with Crippen molar-refractivity contribution in [3.63, 3.8) is 0 Å². The summed E-state index contributed by atoms with van der Waals surface area (Å²) in [5.41, 5.74) is 9.18. The number of rotatable bonds is 3. The zero-order valence-corrected chi connectivity index (χ0v) is 16.0. The molecule has 3 saturated carbocycles. The smallest absolute Gasteiger partial charge is 0.272 e. The molecule has 7 rings (SSSR count). The molecule has 0 radical (unpaired) electrons. The predicted molar refractivity (Wildman–Crippen MR) is 107 cm³/mol. The second-order valence-corrected chi connectivity index (χ2v) is 8.68. The SMILES string of the molecule is NCc1n[nH]c(=O)c2ccc(-c3cnn4c3CN(C(=O)C35CC(C3)C5)CC4)cc12. The number of aromatic amines is 1. The Bertz CT molecular complexity index is 1210. The molecule has 148 valence electrons. The topological polar surface area (TPSA) is 110 Å². The Morgan fingerprint density at radius 3 is 2.79 bits per heavy atom. The predicted octanol–water partition coefficient (Wildman–Crippen LogP) is 1.39. The number of nitrogens with two attached hydrogens (primary N) is 1. The molecule has 1 aliphatic heterocycles. The Hall–Kier alpha value is -3.00. The number of fused-ring (bicyclic) bond motifs is 2. The van der Waals surface area contributed by atoms with Crippen LogP contribution in [0.3, 0.4) is 0 Å². The van der Waals surface area contributed by atoms with Gasteiger partial charge in [0.1, 0.15) is 0 Å². The van der Waals surface area contributed by atoms with Gasteiger partial charge in [-0.2, -0.15) is 10.2 Å². The summed E-state index contributed by atoms with van der Waals surface area (Å²) in [4.78, 5) is 27.2. The molecule has 3 aliphatic carbocycles. The van der Waals surface area contributed by atoms with Crippen LogP contribution < -0.4 is 11.3 Å². The van der Waals surface area contributed by atoms with Gasteiger partial charge in [0, 0.05) is 24.0 Å². The number of hydrogen-bond donors (Lipinski definition) is 2. The molecule has 1 amide bonds. The Balaban J connectivity index is 1.38. The number of benzene rings is 1. The molecule has 1 aromatic carbocycles. The fourth-order valence-electron chi connectivity index (χ4n) is 5.28. The van der Waals surface area contributed by atoms with E-state index in [4.69, 9.17) is 5.73 Å². The lowest BCUT2D eigenvalue weighted by Crippen LogP contribution is -2.61. The highest BCUT2D eigenvalue weighted by Crippen LogP contribution is 2.65. The van der Waals surface area contributed by atoms with E-state index in [-0.39, 0.29) is 17.5 Å². The Morgan fingerprint density at radius 2 is 2.07 bits per heavy atom. The van der Waals surface area contributed by atoms with Gasteiger partial charge in [-0.15, -0.1) is 0 Å². The maximum atomic E-state index is 13.1. The Labute approximate surface area is 166 Å². The maximum absolute atomic E-state index is 13.1. The lowest BCUT2D eigenvalue weighted by Gasteiger charge is -2.61. The van der Waals surface area contributed by atoms with Crippen molar-refractivity contribution in [3.05, 3.63) is 46.1 Å². The van der Waals surface area contributed by atoms with Crippen LogP contribution in [-0.2, 0) is 24.4 Å². The first-order chi connectivity index (χ1) is 14.1. The van der Waals surface area contributed by atoms with E-state index in [9.17, 15) is 9.59 Å². The summed E-state index contributed by atoms with van der Waals surface area (Å²) in [6.07, 6.45) is 5.07. The van der Waals surface area contributed by atoms with Gasteiger partial charge in [0.25, 0.3) is 5.56 Å². The number of carbonyl (C=O) groups is 1. The van der Waals surface area contributed by atoms with Crippen molar-refractivity contribution in [2.24, 2.45) is 17.1 Å². The molecule has 3 aromatic rings. The fourth-order valence-corrected chi connectivity index (χ4v) is 5.28. The summed E-state index contributed by atoms with van der Waals surface area (Å²) in [5.74, 6) is 1.11. The minimum Gasteiger partial charge on any atom is -0.334 e. The molecule has 0 atom stereocenters. The summed E-state index contributed by atoms with van der Waals surface area (Å²) in [6, 6.07) is 5.69. The van der Waals surface area contributed by atoms with Gasteiger partial charge in [-0.25, -0.2) is 5.10 Å². The molecule has 3 N–H and O–H groups in total. The number of nitrogens with zero attached hydrogens (tertiary/aromatic N) is 4. The zero-order chi connectivity index (χ0) is 19.8. The summed E-state index contributed by atoms with van der Waals surface area (Å²) in [5, 5.41) is 12.5. The molecule has 0 saturated heterocycles. The highest BCUT2D eigenvalue weighted by molar-refractivity contribution is 5.89. The molecule has 0 unspecified atom stereocenters. The highest BCUT2D eigenvalue weighted by Gasteiger charge is 2.62. The molecule has 0 spiro atoms. The van der Waals surface area contributed by atoms with Crippen molar-refractivity contribution in [2.45, 2.75) is 38.9 Å². The van der Waals surface area contributed by atoms with Crippen LogP contribution >= 0.6 is 0 Å². The average molecular weight is 390 g/mol. The standard InChI is InChI=1S/C21H22N6O2/c22-9-17-15-5-13(1-2-14(15)19(28)25-24-17)16-10-23-27-4-3-26(11-18(16)27)20(29)21-6-12(7-21)8-21/h1-2,5,10,12H,3-4,6-9,11,22H2,(H,25,28). The van der Waals surface area contributed by atoms with E-state index in [1.165, 1.54) is 0 Å². The van der Waals surface area contributed by atoms with Crippen molar-refractivity contribution >= 4 is 16.7 Å². The minimum absolute atomic E-state index is 0.0569. The minimum atomic E-state index is -0.226. The number of carbonyl (C=O) groups excluding carboxylic acids is 1.